The van der Waals surface area contributed by atoms with E-state index in [1.165, 1.54) is 13.4 Å². The number of anilines is 2. The van der Waals surface area contributed by atoms with Crippen LogP contribution < -0.4 is 20.7 Å². The van der Waals surface area contributed by atoms with E-state index in [4.69, 9.17) is 9.84 Å². The molecule has 14 nitrogen and oxygen atoms in total. The molecule has 6 N–H and O–H groups in total. The number of hydrogen-bond acceptors (Lipinski definition) is 8. The summed E-state index contributed by atoms with van der Waals surface area (Å²) in [7, 11) is 1.51. The molecule has 1 amide bonds. The van der Waals surface area contributed by atoms with Crippen LogP contribution in [0.15, 0.2) is 54.9 Å². The predicted octanol–water partition coefficient (Wildman–Crippen LogP) is 2.97. The Labute approximate surface area is 263 Å². The molecule has 1 saturated heterocycles. The summed E-state index contributed by atoms with van der Waals surface area (Å²) in [6.45, 7) is 2.28. The van der Waals surface area contributed by atoms with Crippen LogP contribution in [0.4, 0.5) is 11.5 Å². The van der Waals surface area contributed by atoms with Gasteiger partial charge < -0.3 is 35.5 Å². The van der Waals surface area contributed by atoms with Crippen molar-refractivity contribution in [2.45, 2.75) is 38.3 Å². The van der Waals surface area contributed by atoms with Crippen molar-refractivity contribution in [3.63, 3.8) is 0 Å². The Morgan fingerprint density at radius 2 is 1.80 bits per heavy atom. The molecule has 0 aliphatic carbocycles. The van der Waals surface area contributed by atoms with Gasteiger partial charge in [-0.1, -0.05) is 24.3 Å². The molecule has 1 aliphatic rings. The lowest BCUT2D eigenvalue weighted by atomic mass is 10.1. The molecule has 14 heteroatoms. The van der Waals surface area contributed by atoms with E-state index in [-0.39, 0.29) is 32.0 Å². The second kappa shape index (κ2) is 13.2. The van der Waals surface area contributed by atoms with Crippen molar-refractivity contribution in [1.29, 1.82) is 0 Å². The first kappa shape index (κ1) is 30.5. The van der Waals surface area contributed by atoms with Crippen LogP contribution in [0.25, 0.3) is 33.2 Å². The number of carbonyl (C=O) groups excluding carboxylic acids is 1. The van der Waals surface area contributed by atoms with E-state index >= 15 is 0 Å². The molecule has 5 aromatic rings. The number of rotatable bonds is 12. The van der Waals surface area contributed by atoms with Crippen molar-refractivity contribution in [3.8, 4) is 17.0 Å². The third-order valence-electron chi connectivity index (χ3n) is 8.19. The van der Waals surface area contributed by atoms with Gasteiger partial charge in [0.2, 0.25) is 0 Å². The minimum Gasteiger partial charge on any atom is -0.495 e. The Morgan fingerprint density at radius 3 is 2.57 bits per heavy atom. The normalized spacial score (nSPS) is 13.6. The summed E-state index contributed by atoms with van der Waals surface area (Å²) in [5.41, 5.74) is 3.48. The maximum atomic E-state index is 13.6. The van der Waals surface area contributed by atoms with Crippen LogP contribution in [-0.4, -0.2) is 79.1 Å². The average molecular weight is 628 g/mol. The van der Waals surface area contributed by atoms with E-state index in [1.54, 1.807) is 22.8 Å². The lowest BCUT2D eigenvalue weighted by molar-refractivity contribution is -0.664. The van der Waals surface area contributed by atoms with Gasteiger partial charge in [0.05, 0.1) is 50.2 Å². The second-order valence-electron chi connectivity index (χ2n) is 11.1. The molecule has 2 aromatic carbocycles. The van der Waals surface area contributed by atoms with Crippen molar-refractivity contribution >= 4 is 51.3 Å². The minimum atomic E-state index is -0.955. The highest BCUT2D eigenvalue weighted by molar-refractivity contribution is 6.07. The Bertz CT molecular complexity index is 1930. The van der Waals surface area contributed by atoms with E-state index in [2.05, 4.69) is 25.9 Å². The van der Waals surface area contributed by atoms with Gasteiger partial charge in [-0.25, -0.2) is 14.6 Å². The number of quaternary nitrogens is 1. The third-order valence-corrected chi connectivity index (χ3v) is 8.19. The molecule has 6 rings (SSSR count). The predicted molar refractivity (Wildman–Crippen MR) is 170 cm³/mol. The molecule has 3 aromatic heterocycles. The lowest BCUT2D eigenvalue weighted by Crippen LogP contribution is -2.86. The molecule has 0 radical (unpaired) electrons. The SMILES string of the molecule is COc1cc(-c2nn(C3CC[NH2+]CC3)c3ncnc(NCCC(=O)O)c23)ccc1NC(=O)c1cc2ccccc2n1CCC(=O)O. The fourth-order valence-electron chi connectivity index (χ4n) is 5.98. The number of ether oxygens (including phenoxy) is 1. The molecule has 0 atom stereocenters. The highest BCUT2D eigenvalue weighted by atomic mass is 16.5. The van der Waals surface area contributed by atoms with Crippen molar-refractivity contribution in [2.24, 2.45) is 0 Å². The fraction of sp³-hybridized carbons (Fsp3) is 0.312. The van der Waals surface area contributed by atoms with Gasteiger partial charge in [0.25, 0.3) is 5.91 Å². The zero-order valence-corrected chi connectivity index (χ0v) is 25.3. The number of hydrogen-bond donors (Lipinski definition) is 5. The maximum absolute atomic E-state index is 13.6. The van der Waals surface area contributed by atoms with Gasteiger partial charge in [-0.05, 0) is 24.3 Å². The summed E-state index contributed by atoms with van der Waals surface area (Å²) in [4.78, 5) is 45.1. The summed E-state index contributed by atoms with van der Waals surface area (Å²) in [5.74, 6) is -1.40. The summed E-state index contributed by atoms with van der Waals surface area (Å²) >= 11 is 0. The van der Waals surface area contributed by atoms with E-state index < -0.39 is 17.8 Å². The number of nitrogens with two attached hydrogens (primary N) is 1. The Balaban J connectivity index is 1.36. The zero-order valence-electron chi connectivity index (χ0n) is 25.3. The average Bonchev–Trinajstić information content (AvgIpc) is 3.64. The van der Waals surface area contributed by atoms with Crippen molar-refractivity contribution in [2.75, 3.05) is 37.4 Å². The number of carboxylic acid groups (broad SMARTS) is 2. The minimum absolute atomic E-state index is 0.0785. The van der Waals surface area contributed by atoms with Gasteiger partial charge in [0.15, 0.2) is 5.65 Å². The molecule has 0 saturated carbocycles. The smallest absolute Gasteiger partial charge is 0.305 e. The lowest BCUT2D eigenvalue weighted by Gasteiger charge is -2.21. The Kier molecular flexibility index (Phi) is 8.79. The number of amides is 1. The first-order valence-corrected chi connectivity index (χ1v) is 15.1. The van der Waals surface area contributed by atoms with Gasteiger partial charge >= 0.3 is 11.9 Å². The first-order chi connectivity index (χ1) is 22.3. The number of piperidine rings is 1. The van der Waals surface area contributed by atoms with E-state index in [0.29, 0.717) is 45.2 Å². The summed E-state index contributed by atoms with van der Waals surface area (Å²) in [6, 6.07) is 14.7. The number of fused-ring (bicyclic) bond motifs is 2. The van der Waals surface area contributed by atoms with E-state index in [0.717, 1.165) is 36.8 Å². The summed E-state index contributed by atoms with van der Waals surface area (Å²) < 4.78 is 9.37. The highest BCUT2D eigenvalue weighted by Crippen LogP contribution is 2.37. The van der Waals surface area contributed by atoms with E-state index in [1.807, 2.05) is 35.0 Å². The molecule has 0 unspecified atom stereocenters. The van der Waals surface area contributed by atoms with Crippen molar-refractivity contribution < 1.29 is 34.7 Å². The number of aromatic nitrogens is 5. The van der Waals surface area contributed by atoms with Gasteiger partial charge in [-0.2, -0.15) is 5.10 Å². The Morgan fingerprint density at radius 1 is 1.02 bits per heavy atom. The molecule has 1 aliphatic heterocycles. The topological polar surface area (TPSA) is 190 Å². The van der Waals surface area contributed by atoms with Crippen LogP contribution >= 0.6 is 0 Å². The molecule has 0 bridgehead atoms. The summed E-state index contributed by atoms with van der Waals surface area (Å²) in [5, 5.41) is 33.3. The van der Waals surface area contributed by atoms with Crippen LogP contribution in [0.3, 0.4) is 0 Å². The van der Waals surface area contributed by atoms with Crippen molar-refractivity contribution in [3.05, 3.63) is 60.6 Å². The second-order valence-corrected chi connectivity index (χ2v) is 11.1. The molecule has 46 heavy (non-hydrogen) atoms. The van der Waals surface area contributed by atoms with Crippen LogP contribution in [0, 0.1) is 0 Å². The fourth-order valence-corrected chi connectivity index (χ4v) is 5.98. The van der Waals surface area contributed by atoms with Crippen LogP contribution in [-0.2, 0) is 16.1 Å². The molecular weight excluding hydrogens is 592 g/mol. The van der Waals surface area contributed by atoms with E-state index in [9.17, 15) is 24.6 Å². The number of benzene rings is 2. The number of nitrogens with zero attached hydrogens (tertiary/aromatic N) is 5. The largest absolute Gasteiger partial charge is 0.495 e. The molecule has 238 valence electrons. The Hall–Kier alpha value is -5.50. The number of aryl methyl sites for hydroxylation is 1. The monoisotopic (exact) mass is 627 g/mol. The van der Waals surface area contributed by atoms with Crippen molar-refractivity contribution in [1.82, 2.24) is 24.3 Å². The quantitative estimate of drug-likeness (QED) is 0.137. The van der Waals surface area contributed by atoms with Gasteiger partial charge in [0, 0.05) is 42.4 Å². The number of nitrogens with one attached hydrogen (secondary N) is 2. The van der Waals surface area contributed by atoms with Gasteiger partial charge in [0.1, 0.15) is 29.3 Å². The number of carboxylic acids is 2. The van der Waals surface area contributed by atoms with Crippen LogP contribution in [0.5, 0.6) is 5.75 Å². The molecule has 1 fully saturated rings. The van der Waals surface area contributed by atoms with Crippen LogP contribution in [0.1, 0.15) is 42.2 Å². The number of methoxy groups -OCH3 is 1. The third kappa shape index (κ3) is 6.19. The zero-order chi connectivity index (χ0) is 32.2. The highest BCUT2D eigenvalue weighted by Gasteiger charge is 2.26. The number of aliphatic carboxylic acids is 2. The van der Waals surface area contributed by atoms with Gasteiger partial charge in [-0.3, -0.25) is 14.4 Å². The number of para-hydroxylation sites is 1. The standard InChI is InChI=1S/C32H34N8O6/c1-46-25-17-20(6-7-22(25)37-32(45)24-16-19-4-2-3-5-23(19)39(24)15-11-27(43)44)29-28-30(34-14-10-26(41)42)35-18-36-31(28)40(38-29)21-8-12-33-13-9-21/h2-7,16-18,21,33H,8-15H2,1H3,(H,37,45)(H,41,42)(H,43,44)(H,34,35,36)/p+1. The summed E-state index contributed by atoms with van der Waals surface area (Å²) in [6.07, 6.45) is 3.11. The molecule has 0 spiro atoms. The first-order valence-electron chi connectivity index (χ1n) is 15.1. The maximum Gasteiger partial charge on any atom is 0.305 e. The van der Waals surface area contributed by atoms with Gasteiger partial charge in [-0.15, -0.1) is 0 Å². The molecule has 4 heterocycles. The molecular formula is C32H35N8O6+. The number of carbonyl (C=O) groups is 3. The van der Waals surface area contributed by atoms with Crippen LogP contribution in [0.2, 0.25) is 0 Å².